The quantitative estimate of drug-likeness (QED) is 0.808. The minimum Gasteiger partial charge on any atom is -0.380 e. The highest BCUT2D eigenvalue weighted by molar-refractivity contribution is 7.99. The van der Waals surface area contributed by atoms with E-state index < -0.39 is 0 Å². The van der Waals surface area contributed by atoms with Crippen LogP contribution in [-0.4, -0.2) is 22.5 Å². The van der Waals surface area contributed by atoms with Crippen LogP contribution in [0.5, 0.6) is 0 Å². The zero-order valence-corrected chi connectivity index (χ0v) is 9.47. The summed E-state index contributed by atoms with van der Waals surface area (Å²) in [4.78, 5) is 4.28. The van der Waals surface area contributed by atoms with Crippen LogP contribution in [-0.2, 0) is 0 Å². The molecule has 2 nitrogen and oxygen atoms in total. The van der Waals surface area contributed by atoms with Gasteiger partial charge in [0, 0.05) is 17.5 Å². The zero-order chi connectivity index (χ0) is 9.97. The van der Waals surface area contributed by atoms with Crippen LogP contribution < -0.4 is 5.32 Å². The van der Waals surface area contributed by atoms with Gasteiger partial charge in [-0.2, -0.15) is 11.8 Å². The van der Waals surface area contributed by atoms with E-state index in [2.05, 4.69) is 29.4 Å². The molecule has 0 bridgehead atoms. The molecule has 0 saturated carbocycles. The van der Waals surface area contributed by atoms with Crippen molar-refractivity contribution < 1.29 is 0 Å². The standard InChI is InChI=1S/C11H16N2S/c1-8-6-14-7-11(8)13-10-4-3-9(2)12-5-10/h3-5,8,11,13H,6-7H2,1-2H3. The number of nitrogens with zero attached hydrogens (tertiary/aromatic N) is 1. The van der Waals surface area contributed by atoms with Crippen molar-refractivity contribution in [3.63, 3.8) is 0 Å². The van der Waals surface area contributed by atoms with E-state index in [1.54, 1.807) is 0 Å². The molecule has 1 aliphatic heterocycles. The van der Waals surface area contributed by atoms with Crippen molar-refractivity contribution in [3.05, 3.63) is 24.0 Å². The third-order valence-corrected chi connectivity index (χ3v) is 3.98. The molecular weight excluding hydrogens is 192 g/mol. The molecule has 1 saturated heterocycles. The SMILES string of the molecule is Cc1ccc(NC2CSCC2C)cn1. The van der Waals surface area contributed by atoms with E-state index in [9.17, 15) is 0 Å². The average molecular weight is 208 g/mol. The first-order chi connectivity index (χ1) is 6.75. The van der Waals surface area contributed by atoms with Gasteiger partial charge in [0.1, 0.15) is 0 Å². The second-order valence-corrected chi connectivity index (χ2v) is 5.03. The van der Waals surface area contributed by atoms with Crippen LogP contribution in [0.2, 0.25) is 0 Å². The van der Waals surface area contributed by atoms with Crippen molar-refractivity contribution in [3.8, 4) is 0 Å². The molecule has 1 aromatic rings. The van der Waals surface area contributed by atoms with Crippen LogP contribution in [0.25, 0.3) is 0 Å². The normalized spacial score (nSPS) is 26.4. The molecule has 0 radical (unpaired) electrons. The maximum Gasteiger partial charge on any atom is 0.0529 e. The maximum absolute atomic E-state index is 4.28. The average Bonchev–Trinajstić information content (AvgIpc) is 2.56. The van der Waals surface area contributed by atoms with Gasteiger partial charge < -0.3 is 5.32 Å². The van der Waals surface area contributed by atoms with Gasteiger partial charge in [0.2, 0.25) is 0 Å². The van der Waals surface area contributed by atoms with Gasteiger partial charge in [-0.15, -0.1) is 0 Å². The number of aromatic nitrogens is 1. The number of rotatable bonds is 2. The second-order valence-electron chi connectivity index (χ2n) is 3.95. The summed E-state index contributed by atoms with van der Waals surface area (Å²) < 4.78 is 0. The van der Waals surface area contributed by atoms with Crippen LogP contribution in [0.3, 0.4) is 0 Å². The van der Waals surface area contributed by atoms with Gasteiger partial charge in [-0.05, 0) is 30.7 Å². The van der Waals surface area contributed by atoms with Gasteiger partial charge in [0.05, 0.1) is 11.9 Å². The first-order valence-corrected chi connectivity index (χ1v) is 6.18. The Morgan fingerprint density at radius 1 is 1.43 bits per heavy atom. The van der Waals surface area contributed by atoms with Gasteiger partial charge >= 0.3 is 0 Å². The second kappa shape index (κ2) is 4.22. The third-order valence-electron chi connectivity index (χ3n) is 2.63. The lowest BCUT2D eigenvalue weighted by Gasteiger charge is -2.17. The van der Waals surface area contributed by atoms with Gasteiger partial charge in [-0.1, -0.05) is 6.92 Å². The van der Waals surface area contributed by atoms with Crippen molar-refractivity contribution in [2.45, 2.75) is 19.9 Å². The topological polar surface area (TPSA) is 24.9 Å². The predicted molar refractivity (Wildman–Crippen MR) is 62.9 cm³/mol. The Morgan fingerprint density at radius 3 is 2.86 bits per heavy atom. The first-order valence-electron chi connectivity index (χ1n) is 5.02. The Bertz CT molecular complexity index is 297. The fourth-order valence-electron chi connectivity index (χ4n) is 1.61. The molecule has 2 unspecified atom stereocenters. The molecule has 0 amide bonds. The van der Waals surface area contributed by atoms with Crippen molar-refractivity contribution in [1.29, 1.82) is 0 Å². The van der Waals surface area contributed by atoms with Gasteiger partial charge in [0.25, 0.3) is 0 Å². The van der Waals surface area contributed by atoms with E-state index in [1.165, 1.54) is 11.5 Å². The van der Waals surface area contributed by atoms with E-state index in [0.717, 1.165) is 17.3 Å². The fourth-order valence-corrected chi connectivity index (χ4v) is 3.02. The molecule has 76 valence electrons. The van der Waals surface area contributed by atoms with E-state index in [4.69, 9.17) is 0 Å². The summed E-state index contributed by atoms with van der Waals surface area (Å²) in [7, 11) is 0. The van der Waals surface area contributed by atoms with Crippen LogP contribution >= 0.6 is 11.8 Å². The summed E-state index contributed by atoms with van der Waals surface area (Å²) in [5.74, 6) is 3.26. The summed E-state index contributed by atoms with van der Waals surface area (Å²) in [6, 6.07) is 4.78. The van der Waals surface area contributed by atoms with Crippen LogP contribution in [0.4, 0.5) is 5.69 Å². The van der Waals surface area contributed by atoms with Crippen molar-refractivity contribution in [1.82, 2.24) is 4.98 Å². The fraction of sp³-hybridized carbons (Fsp3) is 0.545. The highest BCUT2D eigenvalue weighted by atomic mass is 32.2. The van der Waals surface area contributed by atoms with E-state index in [1.807, 2.05) is 24.9 Å². The molecule has 3 heteroatoms. The first kappa shape index (κ1) is 9.84. The summed E-state index contributed by atoms with van der Waals surface area (Å²) in [6.45, 7) is 4.32. The number of hydrogen-bond donors (Lipinski definition) is 1. The summed E-state index contributed by atoms with van der Waals surface area (Å²) in [6.07, 6.45) is 1.92. The van der Waals surface area contributed by atoms with Crippen LogP contribution in [0.15, 0.2) is 18.3 Å². The van der Waals surface area contributed by atoms with Gasteiger partial charge in [-0.3, -0.25) is 4.98 Å². The monoisotopic (exact) mass is 208 g/mol. The van der Waals surface area contributed by atoms with E-state index >= 15 is 0 Å². The molecule has 0 aliphatic carbocycles. The molecule has 1 fully saturated rings. The Hall–Kier alpha value is -0.700. The Kier molecular flexibility index (Phi) is 2.96. The Labute approximate surface area is 89.5 Å². The molecule has 0 aromatic carbocycles. The molecule has 0 spiro atoms. The number of aryl methyl sites for hydroxylation is 1. The van der Waals surface area contributed by atoms with Crippen molar-refractivity contribution in [2.75, 3.05) is 16.8 Å². The molecule has 1 aromatic heterocycles. The molecule has 1 N–H and O–H groups in total. The number of thioether (sulfide) groups is 1. The Morgan fingerprint density at radius 2 is 2.29 bits per heavy atom. The Balaban J connectivity index is 2.00. The summed E-state index contributed by atoms with van der Waals surface area (Å²) in [5, 5.41) is 3.53. The minimum atomic E-state index is 0.615. The number of pyridine rings is 1. The number of anilines is 1. The summed E-state index contributed by atoms with van der Waals surface area (Å²) >= 11 is 2.03. The molecule has 2 heterocycles. The largest absolute Gasteiger partial charge is 0.380 e. The zero-order valence-electron chi connectivity index (χ0n) is 8.66. The molecule has 14 heavy (non-hydrogen) atoms. The minimum absolute atomic E-state index is 0.615. The molecule has 1 aliphatic rings. The van der Waals surface area contributed by atoms with Crippen molar-refractivity contribution in [2.24, 2.45) is 5.92 Å². The van der Waals surface area contributed by atoms with Crippen LogP contribution in [0, 0.1) is 12.8 Å². The molecular formula is C11H16N2S. The number of nitrogens with one attached hydrogen (secondary N) is 1. The molecule has 2 rings (SSSR count). The smallest absolute Gasteiger partial charge is 0.0529 e. The van der Waals surface area contributed by atoms with E-state index in [0.29, 0.717) is 6.04 Å². The lowest BCUT2D eigenvalue weighted by molar-refractivity contribution is 0.599. The highest BCUT2D eigenvalue weighted by Gasteiger charge is 2.23. The highest BCUT2D eigenvalue weighted by Crippen LogP contribution is 2.26. The third kappa shape index (κ3) is 2.21. The van der Waals surface area contributed by atoms with Crippen LogP contribution in [0.1, 0.15) is 12.6 Å². The van der Waals surface area contributed by atoms with Gasteiger partial charge in [0.15, 0.2) is 0 Å². The van der Waals surface area contributed by atoms with E-state index in [-0.39, 0.29) is 0 Å². The number of hydrogen-bond acceptors (Lipinski definition) is 3. The molecule has 2 atom stereocenters. The lowest BCUT2D eigenvalue weighted by Crippen LogP contribution is -2.25. The van der Waals surface area contributed by atoms with Gasteiger partial charge in [-0.25, -0.2) is 0 Å². The lowest BCUT2D eigenvalue weighted by atomic mass is 10.1. The summed E-state index contributed by atoms with van der Waals surface area (Å²) in [5.41, 5.74) is 2.22. The van der Waals surface area contributed by atoms with Crippen molar-refractivity contribution >= 4 is 17.4 Å². The predicted octanol–water partition coefficient (Wildman–Crippen LogP) is 2.55. The maximum atomic E-state index is 4.28.